The second-order valence-electron chi connectivity index (χ2n) is 12.1. The minimum absolute atomic E-state index is 0.0947. The maximum absolute atomic E-state index is 11.2. The van der Waals surface area contributed by atoms with Crippen molar-refractivity contribution in [1.29, 1.82) is 0 Å². The molecule has 0 aliphatic rings. The molecule has 0 aliphatic heterocycles. The van der Waals surface area contributed by atoms with E-state index in [1.165, 1.54) is 141 Å². The van der Waals surface area contributed by atoms with Gasteiger partial charge in [-0.05, 0) is 37.8 Å². The molecule has 0 bridgehead atoms. The SMILES string of the molecule is CCCCCCCCCCCCc1ccccc1[I+]c1ccccc1CCCCCCCCCCCC.[F][Sb-]([F])([F])([F])([F])[F]. The molecule has 0 aliphatic carbocycles. The fraction of sp³-hybridized carbons (Fsp3) is 0.667. The third-order valence-electron chi connectivity index (χ3n) is 7.72. The topological polar surface area (TPSA) is 0 Å². The van der Waals surface area contributed by atoms with E-state index in [1.54, 1.807) is 18.3 Å². The van der Waals surface area contributed by atoms with Crippen LogP contribution in [0, 0.1) is 7.14 Å². The predicted molar refractivity (Wildman–Crippen MR) is 174 cm³/mol. The van der Waals surface area contributed by atoms with Crippen LogP contribution in [-0.2, 0) is 12.8 Å². The first-order valence-electron chi connectivity index (χ1n) is 17.2. The summed E-state index contributed by atoms with van der Waals surface area (Å²) in [7, 11) is 0. The van der Waals surface area contributed by atoms with Crippen molar-refractivity contribution in [3.63, 3.8) is 0 Å². The summed E-state index contributed by atoms with van der Waals surface area (Å²) in [6, 6.07) is 18.7. The molecule has 0 unspecified atom stereocenters. The number of hydrogen-bond acceptors (Lipinski definition) is 0. The average molecular weight is 854 g/mol. The van der Waals surface area contributed by atoms with Gasteiger partial charge in [0.25, 0.3) is 0 Å². The number of rotatable bonds is 24. The zero-order valence-electron chi connectivity index (χ0n) is 27.3. The number of benzene rings is 2. The van der Waals surface area contributed by atoms with Crippen LogP contribution in [0.15, 0.2) is 48.5 Å². The molecule has 8 heteroatoms. The summed E-state index contributed by atoms with van der Waals surface area (Å²) < 4.78 is 62.9. The Hall–Kier alpha value is -0.432. The van der Waals surface area contributed by atoms with Gasteiger partial charge in [-0.1, -0.05) is 166 Å². The molecule has 2 aromatic carbocycles. The quantitative estimate of drug-likeness (QED) is 0.0427. The van der Waals surface area contributed by atoms with Gasteiger partial charge in [-0.25, -0.2) is 0 Å². The summed E-state index contributed by atoms with van der Waals surface area (Å²) in [5.41, 5.74) is 3.26. The standard InChI is InChI=1S/C36H58I.6FH.Sb/c1-3-5-7-9-11-13-15-17-19-21-27-33-29-23-25-31-35(33)37-36-32-26-24-30-34(36)28-22-20-18-16-14-12-10-8-6-4-2;;;;;;;/h23-26,29-32H,3-22,27-28H2,1-2H3;6*1H;/q+1;;;;;;;+5/p-6. The van der Waals surface area contributed by atoms with Gasteiger partial charge >= 0.3 is 57.6 Å². The molecule has 0 nitrogen and oxygen atoms in total. The van der Waals surface area contributed by atoms with E-state index in [1.807, 2.05) is 0 Å². The first-order chi connectivity index (χ1) is 20.8. The van der Waals surface area contributed by atoms with Crippen LogP contribution < -0.4 is 21.2 Å². The monoisotopic (exact) mass is 852 g/mol. The maximum atomic E-state index is 9.93. The molecule has 0 amide bonds. The van der Waals surface area contributed by atoms with Crippen LogP contribution in [0.5, 0.6) is 0 Å². The second kappa shape index (κ2) is 22.2. The molecule has 0 atom stereocenters. The van der Waals surface area contributed by atoms with E-state index in [9.17, 15) is 16.9 Å². The molecule has 256 valence electrons. The van der Waals surface area contributed by atoms with Crippen LogP contribution in [0.2, 0.25) is 0 Å². The van der Waals surface area contributed by atoms with E-state index in [4.69, 9.17) is 0 Å². The summed E-state index contributed by atoms with van der Waals surface area (Å²) in [5.74, 6) is 0. The number of halogens is 7. The summed E-state index contributed by atoms with van der Waals surface area (Å²) in [6.07, 6.45) is 30.9. The number of hydrogen-bond donors (Lipinski definition) is 0. The molecule has 0 radical (unpaired) electrons. The zero-order chi connectivity index (χ0) is 32.6. The number of aryl methyl sites for hydroxylation is 2. The molecule has 0 saturated carbocycles. The van der Waals surface area contributed by atoms with Crippen molar-refractivity contribution in [2.45, 2.75) is 155 Å². The van der Waals surface area contributed by atoms with Crippen LogP contribution in [0.3, 0.4) is 0 Å². The van der Waals surface area contributed by atoms with Gasteiger partial charge in [0.15, 0.2) is 7.14 Å². The van der Waals surface area contributed by atoms with Crippen molar-refractivity contribution < 1.29 is 38.1 Å². The summed E-state index contributed by atoms with van der Waals surface area (Å²) in [6.45, 7) is 4.61. The van der Waals surface area contributed by atoms with Gasteiger partial charge in [-0.3, -0.25) is 0 Å². The van der Waals surface area contributed by atoms with Crippen molar-refractivity contribution in [3.8, 4) is 0 Å². The first-order valence-corrected chi connectivity index (χ1v) is 25.1. The van der Waals surface area contributed by atoms with Crippen molar-refractivity contribution in [2.75, 3.05) is 0 Å². The molecule has 0 aromatic heterocycles. The van der Waals surface area contributed by atoms with Gasteiger partial charge in [0, 0.05) is 11.1 Å². The summed E-state index contributed by atoms with van der Waals surface area (Å²) >= 11 is -11.3. The van der Waals surface area contributed by atoms with Crippen LogP contribution >= 0.6 is 0 Å². The van der Waals surface area contributed by atoms with E-state index in [2.05, 4.69) is 62.4 Å². The Morgan fingerprint density at radius 1 is 0.409 bits per heavy atom. The fourth-order valence-electron chi connectivity index (χ4n) is 5.30. The van der Waals surface area contributed by atoms with Gasteiger partial charge in [0.2, 0.25) is 0 Å². The molecule has 0 spiro atoms. The molecule has 0 N–H and O–H groups in total. The first kappa shape index (κ1) is 41.6. The predicted octanol–water partition coefficient (Wildman–Crippen LogP) is 10.9. The summed E-state index contributed by atoms with van der Waals surface area (Å²) in [4.78, 5) is 0. The Morgan fingerprint density at radius 2 is 0.659 bits per heavy atom. The Labute approximate surface area is 277 Å². The van der Waals surface area contributed by atoms with Gasteiger partial charge in [-0.15, -0.1) is 0 Å². The fourth-order valence-corrected chi connectivity index (χ4v) is 8.29. The van der Waals surface area contributed by atoms with Crippen molar-refractivity contribution >= 4 is 19.5 Å². The molecule has 2 rings (SSSR count). The van der Waals surface area contributed by atoms with Crippen LogP contribution in [0.25, 0.3) is 0 Å². The molecular weight excluding hydrogens is 795 g/mol. The van der Waals surface area contributed by atoms with Crippen LogP contribution in [0.1, 0.15) is 153 Å². The Kier molecular flexibility index (Phi) is 21.0. The zero-order valence-corrected chi connectivity index (χ0v) is 32.0. The molecule has 44 heavy (non-hydrogen) atoms. The van der Waals surface area contributed by atoms with Gasteiger partial charge in [0.05, 0.1) is 0 Å². The third kappa shape index (κ3) is 27.8. The molecule has 2 aromatic rings. The second-order valence-corrected chi connectivity index (χ2v) is 20.4. The summed E-state index contributed by atoms with van der Waals surface area (Å²) in [5, 5.41) is 0. The molecule has 0 saturated heterocycles. The van der Waals surface area contributed by atoms with Crippen molar-refractivity contribution in [3.05, 3.63) is 66.8 Å². The van der Waals surface area contributed by atoms with E-state index in [0.717, 1.165) is 0 Å². The van der Waals surface area contributed by atoms with Gasteiger partial charge < -0.3 is 0 Å². The van der Waals surface area contributed by atoms with E-state index < -0.39 is 19.5 Å². The van der Waals surface area contributed by atoms with Crippen LogP contribution in [0.4, 0.5) is 16.9 Å². The Morgan fingerprint density at radius 3 is 0.955 bits per heavy atom. The van der Waals surface area contributed by atoms with Crippen LogP contribution in [-0.4, -0.2) is 19.5 Å². The van der Waals surface area contributed by atoms with E-state index >= 15 is 0 Å². The molecular formula is C36H58F6ISb. The third-order valence-corrected chi connectivity index (χ3v) is 11.0. The minimum atomic E-state index is -11.2. The normalized spacial score (nSPS) is 13.2. The number of unbranched alkanes of at least 4 members (excludes halogenated alkanes) is 18. The Bertz CT molecular complexity index is 917. The Balaban J connectivity index is 0.00000123. The molecule has 0 heterocycles. The van der Waals surface area contributed by atoms with Crippen molar-refractivity contribution in [2.24, 2.45) is 0 Å². The van der Waals surface area contributed by atoms with E-state index in [-0.39, 0.29) is 21.2 Å². The van der Waals surface area contributed by atoms with Gasteiger partial charge in [-0.2, -0.15) is 0 Å². The van der Waals surface area contributed by atoms with Gasteiger partial charge in [0.1, 0.15) is 0 Å². The average Bonchev–Trinajstić information content (AvgIpc) is 2.95. The van der Waals surface area contributed by atoms with E-state index in [0.29, 0.717) is 0 Å². The molecule has 0 fully saturated rings. The van der Waals surface area contributed by atoms with Crippen molar-refractivity contribution in [1.82, 2.24) is 0 Å².